The van der Waals surface area contributed by atoms with Crippen LogP contribution in [0.15, 0.2) is 33.2 Å². The standard InChI is InChI=1S/C17H18BrNO5/c18-13-3-1-2-11-10-14(24-16(11)13)17(22)19(7-4-15(20)21)12-5-8-23-9-6-12/h1-3,10,12H,4-9H2,(H,20,21). The minimum Gasteiger partial charge on any atom is -0.481 e. The second kappa shape index (κ2) is 7.36. The van der Waals surface area contributed by atoms with E-state index < -0.39 is 5.97 Å². The highest BCUT2D eigenvalue weighted by Gasteiger charge is 2.29. The molecule has 1 aromatic carbocycles. The highest BCUT2D eigenvalue weighted by atomic mass is 79.9. The van der Waals surface area contributed by atoms with Crippen LogP contribution in [0.1, 0.15) is 29.8 Å². The summed E-state index contributed by atoms with van der Waals surface area (Å²) in [5.74, 6) is -0.966. The van der Waals surface area contributed by atoms with E-state index in [1.165, 1.54) is 0 Å². The molecule has 1 N–H and O–H groups in total. The zero-order valence-electron chi connectivity index (χ0n) is 13.0. The molecule has 1 amide bonds. The van der Waals surface area contributed by atoms with Crippen molar-refractivity contribution < 1.29 is 23.8 Å². The van der Waals surface area contributed by atoms with Gasteiger partial charge in [0.05, 0.1) is 10.9 Å². The maximum Gasteiger partial charge on any atom is 0.305 e. The number of ether oxygens (including phenoxy) is 1. The Labute approximate surface area is 147 Å². The van der Waals surface area contributed by atoms with Crippen molar-refractivity contribution in [1.29, 1.82) is 0 Å². The number of para-hydroxylation sites is 1. The molecular weight excluding hydrogens is 378 g/mol. The smallest absolute Gasteiger partial charge is 0.305 e. The minimum absolute atomic E-state index is 0.0257. The summed E-state index contributed by atoms with van der Waals surface area (Å²) in [5.41, 5.74) is 0.617. The van der Waals surface area contributed by atoms with Crippen LogP contribution in [0.2, 0.25) is 0 Å². The molecule has 1 aromatic heterocycles. The normalized spacial score (nSPS) is 15.5. The predicted molar refractivity (Wildman–Crippen MR) is 91.0 cm³/mol. The highest BCUT2D eigenvalue weighted by molar-refractivity contribution is 9.10. The Kier molecular flexibility index (Phi) is 5.20. The number of fused-ring (bicyclic) bond motifs is 1. The molecule has 1 fully saturated rings. The highest BCUT2D eigenvalue weighted by Crippen LogP contribution is 2.28. The lowest BCUT2D eigenvalue weighted by Gasteiger charge is -2.33. The fourth-order valence-corrected chi connectivity index (χ4v) is 3.40. The van der Waals surface area contributed by atoms with Crippen molar-refractivity contribution in [2.75, 3.05) is 19.8 Å². The van der Waals surface area contributed by atoms with Crippen LogP contribution in [0.3, 0.4) is 0 Å². The Morgan fingerprint density at radius 2 is 2.04 bits per heavy atom. The van der Waals surface area contributed by atoms with Gasteiger partial charge in [0.15, 0.2) is 5.76 Å². The molecule has 0 unspecified atom stereocenters. The molecule has 0 bridgehead atoms. The monoisotopic (exact) mass is 395 g/mol. The SMILES string of the molecule is O=C(O)CCN(C(=O)c1cc2cccc(Br)c2o1)C1CCOCC1. The van der Waals surface area contributed by atoms with E-state index in [1.54, 1.807) is 11.0 Å². The van der Waals surface area contributed by atoms with Crippen LogP contribution < -0.4 is 0 Å². The topological polar surface area (TPSA) is 80.0 Å². The van der Waals surface area contributed by atoms with Gasteiger partial charge >= 0.3 is 5.97 Å². The molecule has 1 saturated heterocycles. The lowest BCUT2D eigenvalue weighted by Crippen LogP contribution is -2.44. The van der Waals surface area contributed by atoms with E-state index >= 15 is 0 Å². The molecule has 2 aromatic rings. The van der Waals surface area contributed by atoms with Gasteiger partial charge in [-0.2, -0.15) is 0 Å². The van der Waals surface area contributed by atoms with Crippen LogP contribution in [0.5, 0.6) is 0 Å². The zero-order valence-corrected chi connectivity index (χ0v) is 14.6. The number of hydrogen-bond donors (Lipinski definition) is 1. The van der Waals surface area contributed by atoms with Gasteiger partial charge in [0.1, 0.15) is 5.58 Å². The number of hydrogen-bond acceptors (Lipinski definition) is 4. The lowest BCUT2D eigenvalue weighted by molar-refractivity contribution is -0.137. The number of carboxylic acid groups (broad SMARTS) is 1. The van der Waals surface area contributed by atoms with E-state index in [0.29, 0.717) is 31.6 Å². The fraction of sp³-hybridized carbons (Fsp3) is 0.412. The number of carbonyl (C=O) groups is 2. The first kappa shape index (κ1) is 17.0. The predicted octanol–water partition coefficient (Wildman–Crippen LogP) is 3.29. The first-order valence-corrected chi connectivity index (χ1v) is 8.64. The van der Waals surface area contributed by atoms with Gasteiger partial charge in [0.2, 0.25) is 0 Å². The number of carbonyl (C=O) groups excluding carboxylic acids is 1. The maximum atomic E-state index is 12.9. The van der Waals surface area contributed by atoms with E-state index in [4.69, 9.17) is 14.3 Å². The number of benzene rings is 1. The Morgan fingerprint density at radius 1 is 1.29 bits per heavy atom. The van der Waals surface area contributed by atoms with Gasteiger partial charge in [-0.3, -0.25) is 9.59 Å². The molecule has 1 aliphatic rings. The Morgan fingerprint density at radius 3 is 2.71 bits per heavy atom. The van der Waals surface area contributed by atoms with Crippen molar-refractivity contribution >= 4 is 38.8 Å². The summed E-state index contributed by atoms with van der Waals surface area (Å²) in [4.78, 5) is 25.5. The van der Waals surface area contributed by atoms with Gasteiger partial charge in [-0.05, 0) is 40.9 Å². The maximum absolute atomic E-state index is 12.9. The first-order valence-electron chi connectivity index (χ1n) is 7.85. The van der Waals surface area contributed by atoms with Crippen molar-refractivity contribution in [3.8, 4) is 0 Å². The van der Waals surface area contributed by atoms with Gasteiger partial charge in [-0.15, -0.1) is 0 Å². The van der Waals surface area contributed by atoms with Gasteiger partial charge in [0, 0.05) is 31.2 Å². The van der Waals surface area contributed by atoms with Crippen molar-refractivity contribution in [3.05, 3.63) is 34.5 Å². The first-order chi connectivity index (χ1) is 11.6. The van der Waals surface area contributed by atoms with E-state index in [1.807, 2.05) is 18.2 Å². The summed E-state index contributed by atoms with van der Waals surface area (Å²) in [6, 6.07) is 7.27. The van der Waals surface area contributed by atoms with Gasteiger partial charge in [0.25, 0.3) is 5.91 Å². The number of halogens is 1. The van der Waals surface area contributed by atoms with Crippen LogP contribution in [0.25, 0.3) is 11.0 Å². The molecule has 0 spiro atoms. The average Bonchev–Trinajstić information content (AvgIpc) is 3.01. The molecule has 2 heterocycles. The fourth-order valence-electron chi connectivity index (χ4n) is 2.94. The number of aliphatic carboxylic acids is 1. The van der Waals surface area contributed by atoms with Crippen LogP contribution in [0, 0.1) is 0 Å². The quantitative estimate of drug-likeness (QED) is 0.839. The van der Waals surface area contributed by atoms with Crippen LogP contribution in [-0.2, 0) is 9.53 Å². The van der Waals surface area contributed by atoms with Gasteiger partial charge in [-0.1, -0.05) is 12.1 Å². The number of furan rings is 1. The number of nitrogens with zero attached hydrogens (tertiary/aromatic N) is 1. The molecule has 0 radical (unpaired) electrons. The summed E-state index contributed by atoms with van der Waals surface area (Å²) < 4.78 is 11.8. The molecule has 0 saturated carbocycles. The van der Waals surface area contributed by atoms with Gasteiger partial charge in [-0.25, -0.2) is 0 Å². The second-order valence-electron chi connectivity index (χ2n) is 5.75. The third kappa shape index (κ3) is 3.62. The number of amides is 1. The minimum atomic E-state index is -0.924. The molecule has 1 aliphatic heterocycles. The van der Waals surface area contributed by atoms with Crippen molar-refractivity contribution in [1.82, 2.24) is 4.90 Å². The summed E-state index contributed by atoms with van der Waals surface area (Å²) in [6.45, 7) is 1.32. The van der Waals surface area contributed by atoms with E-state index in [-0.39, 0.29) is 30.7 Å². The van der Waals surface area contributed by atoms with E-state index in [0.717, 1.165) is 9.86 Å². The van der Waals surface area contributed by atoms with Crippen LogP contribution >= 0.6 is 15.9 Å². The van der Waals surface area contributed by atoms with Crippen molar-refractivity contribution in [2.45, 2.75) is 25.3 Å². The summed E-state index contributed by atoms with van der Waals surface area (Å²) >= 11 is 3.41. The third-order valence-electron chi connectivity index (χ3n) is 4.17. The number of carboxylic acids is 1. The summed E-state index contributed by atoms with van der Waals surface area (Å²) in [5, 5.41) is 9.80. The Balaban J connectivity index is 1.87. The van der Waals surface area contributed by atoms with E-state index in [2.05, 4.69) is 15.9 Å². The second-order valence-corrected chi connectivity index (χ2v) is 6.61. The molecule has 6 nitrogen and oxygen atoms in total. The summed E-state index contributed by atoms with van der Waals surface area (Å²) in [6.07, 6.45) is 1.32. The molecular formula is C17H18BrNO5. The molecule has 128 valence electrons. The van der Waals surface area contributed by atoms with Crippen LogP contribution in [0.4, 0.5) is 0 Å². The van der Waals surface area contributed by atoms with Crippen molar-refractivity contribution in [2.24, 2.45) is 0 Å². The average molecular weight is 396 g/mol. The molecule has 3 rings (SSSR count). The number of rotatable bonds is 5. The molecule has 7 heteroatoms. The largest absolute Gasteiger partial charge is 0.481 e. The molecule has 0 aliphatic carbocycles. The molecule has 0 atom stereocenters. The molecule has 24 heavy (non-hydrogen) atoms. The lowest BCUT2D eigenvalue weighted by atomic mass is 10.1. The zero-order chi connectivity index (χ0) is 17.1. The third-order valence-corrected chi connectivity index (χ3v) is 4.79. The summed E-state index contributed by atoms with van der Waals surface area (Å²) in [7, 11) is 0. The van der Waals surface area contributed by atoms with E-state index in [9.17, 15) is 9.59 Å². The Bertz CT molecular complexity index is 751. The van der Waals surface area contributed by atoms with Crippen LogP contribution in [-0.4, -0.2) is 47.7 Å². The Hall–Kier alpha value is -1.86. The van der Waals surface area contributed by atoms with Gasteiger partial charge < -0.3 is 19.2 Å². The van der Waals surface area contributed by atoms with Crippen molar-refractivity contribution in [3.63, 3.8) is 0 Å².